The van der Waals surface area contributed by atoms with Gasteiger partial charge in [0.2, 0.25) is 5.91 Å². The van der Waals surface area contributed by atoms with Crippen molar-refractivity contribution in [1.82, 2.24) is 4.90 Å². The predicted molar refractivity (Wildman–Crippen MR) is 74.2 cm³/mol. The Balaban J connectivity index is 2.12. The number of rotatable bonds is 5. The first kappa shape index (κ1) is 15.0. The van der Waals surface area contributed by atoms with Gasteiger partial charge in [0.05, 0.1) is 11.5 Å². The fourth-order valence-electron chi connectivity index (χ4n) is 2.48. The van der Waals surface area contributed by atoms with Crippen molar-refractivity contribution >= 4 is 17.8 Å². The highest BCUT2D eigenvalue weighted by Gasteiger charge is 2.27. The van der Waals surface area contributed by atoms with Crippen LogP contribution in [0.5, 0.6) is 0 Å². The number of hydrogen-bond donors (Lipinski definition) is 2. The first-order valence-corrected chi connectivity index (χ1v) is 6.83. The molecule has 1 fully saturated rings. The number of amides is 1. The van der Waals surface area contributed by atoms with E-state index in [-0.39, 0.29) is 17.9 Å². The molecular weight excluding hydrogens is 274 g/mol. The Morgan fingerprint density at radius 2 is 1.62 bits per heavy atom. The van der Waals surface area contributed by atoms with E-state index >= 15 is 0 Å². The molecule has 0 saturated carbocycles. The fraction of sp³-hybridized carbons (Fsp3) is 0.400. The summed E-state index contributed by atoms with van der Waals surface area (Å²) in [5, 5.41) is 18.1. The van der Waals surface area contributed by atoms with Gasteiger partial charge in [-0.25, -0.2) is 4.79 Å². The Kier molecular flexibility index (Phi) is 4.57. The molecule has 6 heteroatoms. The average Bonchev–Trinajstić information content (AvgIpc) is 2.98. The first-order chi connectivity index (χ1) is 9.99. The first-order valence-electron chi connectivity index (χ1n) is 6.83. The lowest BCUT2D eigenvalue weighted by atomic mass is 9.94. The van der Waals surface area contributed by atoms with E-state index in [1.54, 1.807) is 4.90 Å². The summed E-state index contributed by atoms with van der Waals surface area (Å²) in [4.78, 5) is 35.9. The summed E-state index contributed by atoms with van der Waals surface area (Å²) in [6.07, 6.45) is 1.81. The number of benzene rings is 1. The van der Waals surface area contributed by atoms with Crippen LogP contribution in [0.3, 0.4) is 0 Å². The second kappa shape index (κ2) is 6.39. The van der Waals surface area contributed by atoms with Crippen molar-refractivity contribution in [2.45, 2.75) is 25.2 Å². The van der Waals surface area contributed by atoms with Crippen LogP contribution in [0.1, 0.15) is 41.1 Å². The standard InChI is InChI=1S/C15H17NO5/c17-13(16-7-1-2-8-16)9-12(15(20)21)10-3-5-11(6-4-10)14(18)19/h3-6,12H,1-2,7-9H2,(H,18,19)(H,20,21). The van der Waals surface area contributed by atoms with E-state index in [2.05, 4.69) is 0 Å². The lowest BCUT2D eigenvalue weighted by Crippen LogP contribution is -2.30. The maximum atomic E-state index is 12.1. The van der Waals surface area contributed by atoms with E-state index < -0.39 is 17.9 Å². The summed E-state index contributed by atoms with van der Waals surface area (Å²) in [6.45, 7) is 1.37. The number of nitrogens with zero attached hydrogens (tertiary/aromatic N) is 1. The molecule has 1 atom stereocenters. The van der Waals surface area contributed by atoms with Crippen LogP contribution in [0.2, 0.25) is 0 Å². The molecule has 2 rings (SSSR count). The molecule has 1 saturated heterocycles. The molecule has 21 heavy (non-hydrogen) atoms. The van der Waals surface area contributed by atoms with Crippen molar-refractivity contribution in [3.05, 3.63) is 35.4 Å². The maximum Gasteiger partial charge on any atom is 0.335 e. The van der Waals surface area contributed by atoms with E-state index in [0.29, 0.717) is 18.7 Å². The molecule has 1 heterocycles. The van der Waals surface area contributed by atoms with Crippen molar-refractivity contribution in [2.24, 2.45) is 0 Å². The molecule has 0 bridgehead atoms. The Morgan fingerprint density at radius 1 is 1.05 bits per heavy atom. The topological polar surface area (TPSA) is 94.9 Å². The third kappa shape index (κ3) is 3.59. The minimum absolute atomic E-state index is 0.0914. The molecule has 112 valence electrons. The van der Waals surface area contributed by atoms with Gasteiger partial charge in [0.15, 0.2) is 0 Å². The number of hydrogen-bond acceptors (Lipinski definition) is 3. The van der Waals surface area contributed by atoms with Gasteiger partial charge >= 0.3 is 11.9 Å². The number of likely N-dealkylation sites (tertiary alicyclic amines) is 1. The molecule has 1 aromatic carbocycles. The van der Waals surface area contributed by atoms with Crippen LogP contribution in [0.25, 0.3) is 0 Å². The van der Waals surface area contributed by atoms with Crippen LogP contribution in [0, 0.1) is 0 Å². The van der Waals surface area contributed by atoms with E-state index in [4.69, 9.17) is 5.11 Å². The summed E-state index contributed by atoms with van der Waals surface area (Å²) < 4.78 is 0. The highest BCUT2D eigenvalue weighted by Crippen LogP contribution is 2.23. The van der Waals surface area contributed by atoms with Gasteiger partial charge < -0.3 is 15.1 Å². The molecule has 1 aliphatic rings. The minimum atomic E-state index is -1.08. The van der Waals surface area contributed by atoms with Crippen molar-refractivity contribution in [3.63, 3.8) is 0 Å². The van der Waals surface area contributed by atoms with Crippen molar-refractivity contribution in [1.29, 1.82) is 0 Å². The number of carbonyl (C=O) groups excluding carboxylic acids is 1. The quantitative estimate of drug-likeness (QED) is 0.858. The smallest absolute Gasteiger partial charge is 0.335 e. The van der Waals surface area contributed by atoms with E-state index in [1.165, 1.54) is 24.3 Å². The van der Waals surface area contributed by atoms with Gasteiger partial charge in [-0.1, -0.05) is 12.1 Å². The van der Waals surface area contributed by atoms with Crippen LogP contribution in [0.4, 0.5) is 0 Å². The molecule has 0 aliphatic carbocycles. The van der Waals surface area contributed by atoms with Crippen molar-refractivity contribution in [3.8, 4) is 0 Å². The largest absolute Gasteiger partial charge is 0.481 e. The van der Waals surface area contributed by atoms with Crippen molar-refractivity contribution < 1.29 is 24.6 Å². The maximum absolute atomic E-state index is 12.1. The second-order valence-corrected chi connectivity index (χ2v) is 5.11. The van der Waals surface area contributed by atoms with E-state index in [0.717, 1.165) is 12.8 Å². The summed E-state index contributed by atoms with van der Waals surface area (Å²) in [5.41, 5.74) is 0.536. The number of carboxylic acids is 2. The van der Waals surface area contributed by atoms with Crippen molar-refractivity contribution in [2.75, 3.05) is 13.1 Å². The van der Waals surface area contributed by atoms with Crippen LogP contribution in [0.15, 0.2) is 24.3 Å². The molecule has 1 unspecified atom stereocenters. The van der Waals surface area contributed by atoms with Crippen LogP contribution in [-0.2, 0) is 9.59 Å². The summed E-state index contributed by atoms with van der Waals surface area (Å²) >= 11 is 0. The lowest BCUT2D eigenvalue weighted by molar-refractivity contribution is -0.142. The fourth-order valence-corrected chi connectivity index (χ4v) is 2.48. The third-order valence-electron chi connectivity index (χ3n) is 3.70. The monoisotopic (exact) mass is 291 g/mol. The highest BCUT2D eigenvalue weighted by atomic mass is 16.4. The molecule has 1 amide bonds. The summed E-state index contributed by atoms with van der Waals surface area (Å²) in [5.74, 6) is -3.25. The number of aromatic carboxylic acids is 1. The van der Waals surface area contributed by atoms with Gasteiger partial charge in [-0.15, -0.1) is 0 Å². The van der Waals surface area contributed by atoms with Crippen LogP contribution in [-0.4, -0.2) is 46.0 Å². The Bertz CT molecular complexity index is 546. The second-order valence-electron chi connectivity index (χ2n) is 5.11. The summed E-state index contributed by atoms with van der Waals surface area (Å²) in [6, 6.07) is 5.63. The Labute approximate surface area is 122 Å². The van der Waals surface area contributed by atoms with Crippen LogP contribution >= 0.6 is 0 Å². The Morgan fingerprint density at radius 3 is 2.10 bits per heavy atom. The zero-order chi connectivity index (χ0) is 15.4. The highest BCUT2D eigenvalue weighted by molar-refractivity contribution is 5.88. The van der Waals surface area contributed by atoms with E-state index in [1.807, 2.05) is 0 Å². The SMILES string of the molecule is O=C(O)c1ccc(C(CC(=O)N2CCCC2)C(=O)O)cc1. The molecule has 1 aromatic rings. The van der Waals surface area contributed by atoms with Gasteiger partial charge in [0, 0.05) is 19.5 Å². The van der Waals surface area contributed by atoms with Gasteiger partial charge in [0.1, 0.15) is 0 Å². The van der Waals surface area contributed by atoms with E-state index in [9.17, 15) is 19.5 Å². The molecule has 1 aliphatic heterocycles. The zero-order valence-corrected chi connectivity index (χ0v) is 11.5. The zero-order valence-electron chi connectivity index (χ0n) is 11.5. The molecular formula is C15H17NO5. The third-order valence-corrected chi connectivity index (χ3v) is 3.70. The molecule has 0 radical (unpaired) electrons. The lowest BCUT2D eigenvalue weighted by Gasteiger charge is -2.18. The molecule has 6 nitrogen and oxygen atoms in total. The van der Waals surface area contributed by atoms with Crippen LogP contribution < -0.4 is 0 Å². The molecule has 0 aromatic heterocycles. The normalized spacial score (nSPS) is 15.7. The van der Waals surface area contributed by atoms with Gasteiger partial charge in [0.25, 0.3) is 0 Å². The van der Waals surface area contributed by atoms with Gasteiger partial charge in [-0.2, -0.15) is 0 Å². The molecule has 0 spiro atoms. The molecule has 2 N–H and O–H groups in total. The average molecular weight is 291 g/mol. The summed E-state index contributed by atoms with van der Waals surface area (Å²) in [7, 11) is 0. The Hall–Kier alpha value is -2.37. The van der Waals surface area contributed by atoms with Gasteiger partial charge in [-0.3, -0.25) is 9.59 Å². The minimum Gasteiger partial charge on any atom is -0.481 e. The number of aliphatic carboxylic acids is 1. The predicted octanol–water partition coefficient (Wildman–Crippen LogP) is 1.57. The van der Waals surface area contributed by atoms with Gasteiger partial charge in [-0.05, 0) is 30.5 Å². The number of carbonyl (C=O) groups is 3. The number of carboxylic acid groups (broad SMARTS) is 2.